The molecule has 0 spiro atoms. The van der Waals surface area contributed by atoms with Gasteiger partial charge in [-0.3, -0.25) is 0 Å². The molecule has 1 saturated carbocycles. The summed E-state index contributed by atoms with van der Waals surface area (Å²) in [5, 5.41) is 5.16. The summed E-state index contributed by atoms with van der Waals surface area (Å²) in [5.41, 5.74) is 4.33. The van der Waals surface area contributed by atoms with Gasteiger partial charge in [0.05, 0.1) is 7.11 Å². The number of methoxy groups -OCH3 is 1. The third-order valence-electron chi connectivity index (χ3n) is 5.02. The van der Waals surface area contributed by atoms with Gasteiger partial charge in [-0.1, -0.05) is 23.7 Å². The van der Waals surface area contributed by atoms with Crippen molar-refractivity contribution in [3.63, 3.8) is 0 Å². The molecule has 1 aliphatic rings. The number of halogens is 1. The standard InChI is InChI=1S/C20H18ClN5O/c1-25-9-8-22-20(25)19-23-18(21)17-16(12-6-7-12)15(11-26(17)24-19)13-4-3-5-14(10-13)27-2/h3-5,8-12H,6-7H2,1-2H3. The van der Waals surface area contributed by atoms with Gasteiger partial charge in [0.15, 0.2) is 11.0 Å². The zero-order valence-electron chi connectivity index (χ0n) is 15.1. The van der Waals surface area contributed by atoms with E-state index < -0.39 is 0 Å². The Kier molecular flexibility index (Phi) is 3.68. The minimum absolute atomic E-state index is 0.457. The summed E-state index contributed by atoms with van der Waals surface area (Å²) < 4.78 is 9.13. The van der Waals surface area contributed by atoms with Gasteiger partial charge >= 0.3 is 0 Å². The molecule has 3 heterocycles. The molecule has 0 N–H and O–H groups in total. The number of aryl methyl sites for hydroxylation is 1. The Morgan fingerprint density at radius 3 is 2.81 bits per heavy atom. The van der Waals surface area contributed by atoms with Gasteiger partial charge in [-0.2, -0.15) is 0 Å². The highest BCUT2D eigenvalue weighted by Gasteiger charge is 2.32. The summed E-state index contributed by atoms with van der Waals surface area (Å²) in [5.74, 6) is 2.52. The van der Waals surface area contributed by atoms with Crippen LogP contribution >= 0.6 is 11.6 Å². The van der Waals surface area contributed by atoms with Crippen LogP contribution in [0.2, 0.25) is 5.15 Å². The smallest absolute Gasteiger partial charge is 0.217 e. The van der Waals surface area contributed by atoms with Gasteiger partial charge in [-0.15, -0.1) is 5.10 Å². The topological polar surface area (TPSA) is 57.2 Å². The molecule has 0 bridgehead atoms. The second-order valence-electron chi connectivity index (χ2n) is 6.84. The Balaban J connectivity index is 1.75. The fourth-order valence-electron chi connectivity index (χ4n) is 3.54. The second kappa shape index (κ2) is 6.09. The summed E-state index contributed by atoms with van der Waals surface area (Å²) in [6.45, 7) is 0. The monoisotopic (exact) mass is 379 g/mol. The Hall–Kier alpha value is -2.86. The van der Waals surface area contributed by atoms with Crippen molar-refractivity contribution >= 4 is 17.1 Å². The Morgan fingerprint density at radius 2 is 2.11 bits per heavy atom. The van der Waals surface area contributed by atoms with Gasteiger partial charge in [-0.05, 0) is 42.0 Å². The van der Waals surface area contributed by atoms with E-state index in [-0.39, 0.29) is 0 Å². The van der Waals surface area contributed by atoms with Crippen LogP contribution in [-0.2, 0) is 7.05 Å². The number of benzene rings is 1. The van der Waals surface area contributed by atoms with Gasteiger partial charge in [-0.25, -0.2) is 14.5 Å². The number of fused-ring (bicyclic) bond motifs is 1. The first-order chi connectivity index (χ1) is 13.2. The number of imidazole rings is 1. The number of hydrogen-bond donors (Lipinski definition) is 0. The third-order valence-corrected chi connectivity index (χ3v) is 5.28. The van der Waals surface area contributed by atoms with E-state index in [0.717, 1.165) is 35.2 Å². The predicted molar refractivity (Wildman–Crippen MR) is 104 cm³/mol. The largest absolute Gasteiger partial charge is 0.497 e. The maximum Gasteiger partial charge on any atom is 0.217 e. The molecule has 1 aromatic carbocycles. The number of nitrogens with zero attached hydrogens (tertiary/aromatic N) is 5. The summed E-state index contributed by atoms with van der Waals surface area (Å²) in [6, 6.07) is 8.08. The average Bonchev–Trinajstić information content (AvgIpc) is 3.30. The number of rotatable bonds is 4. The highest BCUT2D eigenvalue weighted by Crippen LogP contribution is 2.48. The molecule has 0 radical (unpaired) electrons. The van der Waals surface area contributed by atoms with E-state index in [4.69, 9.17) is 21.4 Å². The van der Waals surface area contributed by atoms with Crippen LogP contribution in [0.15, 0.2) is 42.9 Å². The van der Waals surface area contributed by atoms with Crippen LogP contribution in [-0.4, -0.2) is 31.3 Å². The van der Waals surface area contributed by atoms with Crippen molar-refractivity contribution in [2.45, 2.75) is 18.8 Å². The summed E-state index contributed by atoms with van der Waals surface area (Å²) in [4.78, 5) is 8.88. The maximum absolute atomic E-state index is 6.63. The molecule has 0 unspecified atom stereocenters. The van der Waals surface area contributed by atoms with Gasteiger partial charge in [0, 0.05) is 31.2 Å². The van der Waals surface area contributed by atoms with E-state index >= 15 is 0 Å². The van der Waals surface area contributed by atoms with E-state index in [1.165, 1.54) is 5.56 Å². The van der Waals surface area contributed by atoms with Crippen LogP contribution in [0.1, 0.15) is 24.3 Å². The molecule has 0 saturated heterocycles. The SMILES string of the molecule is COc1cccc(-c2cn3nc(-c4nccn4C)nc(Cl)c3c2C2CC2)c1. The van der Waals surface area contributed by atoms with E-state index in [1.54, 1.807) is 13.3 Å². The zero-order chi connectivity index (χ0) is 18.5. The molecule has 3 aromatic heterocycles. The van der Waals surface area contributed by atoms with Crippen molar-refractivity contribution in [2.24, 2.45) is 7.05 Å². The van der Waals surface area contributed by atoms with Crippen molar-refractivity contribution in [1.82, 2.24) is 24.1 Å². The molecule has 136 valence electrons. The molecule has 1 aliphatic carbocycles. The van der Waals surface area contributed by atoms with Gasteiger partial charge in [0.2, 0.25) is 5.82 Å². The molecule has 27 heavy (non-hydrogen) atoms. The third kappa shape index (κ3) is 2.68. The lowest BCUT2D eigenvalue weighted by atomic mass is 10.0. The maximum atomic E-state index is 6.63. The van der Waals surface area contributed by atoms with E-state index in [0.29, 0.717) is 22.7 Å². The highest BCUT2D eigenvalue weighted by atomic mass is 35.5. The first-order valence-corrected chi connectivity index (χ1v) is 9.24. The van der Waals surface area contributed by atoms with Crippen LogP contribution in [0.4, 0.5) is 0 Å². The van der Waals surface area contributed by atoms with Crippen LogP contribution in [0.3, 0.4) is 0 Å². The minimum Gasteiger partial charge on any atom is -0.497 e. The minimum atomic E-state index is 0.457. The number of ether oxygens (including phenoxy) is 1. The molecule has 7 heteroatoms. The van der Waals surface area contributed by atoms with E-state index in [9.17, 15) is 0 Å². The molecule has 5 rings (SSSR count). The van der Waals surface area contributed by atoms with Gasteiger partial charge in [0.25, 0.3) is 0 Å². The van der Waals surface area contributed by atoms with Crippen LogP contribution in [0.25, 0.3) is 28.3 Å². The molecule has 0 atom stereocenters. The zero-order valence-corrected chi connectivity index (χ0v) is 15.8. The van der Waals surface area contributed by atoms with Crippen LogP contribution < -0.4 is 4.74 Å². The lowest BCUT2D eigenvalue weighted by molar-refractivity contribution is 0.415. The fraction of sp³-hybridized carbons (Fsp3) is 0.250. The van der Waals surface area contributed by atoms with Crippen LogP contribution in [0.5, 0.6) is 5.75 Å². The van der Waals surface area contributed by atoms with E-state index in [1.807, 2.05) is 46.7 Å². The quantitative estimate of drug-likeness (QED) is 0.529. The van der Waals surface area contributed by atoms with E-state index in [2.05, 4.69) is 16.0 Å². The molecular formula is C20H18ClN5O. The first-order valence-electron chi connectivity index (χ1n) is 8.86. The van der Waals surface area contributed by atoms with Crippen molar-refractivity contribution < 1.29 is 4.74 Å². The van der Waals surface area contributed by atoms with Crippen LogP contribution in [0, 0.1) is 0 Å². The van der Waals surface area contributed by atoms with Crippen molar-refractivity contribution in [2.75, 3.05) is 7.11 Å². The Morgan fingerprint density at radius 1 is 1.26 bits per heavy atom. The summed E-state index contributed by atoms with van der Waals surface area (Å²) in [6.07, 6.45) is 7.95. The highest BCUT2D eigenvalue weighted by molar-refractivity contribution is 6.33. The molecule has 4 aromatic rings. The molecule has 6 nitrogen and oxygen atoms in total. The molecule has 0 aliphatic heterocycles. The molecule has 0 amide bonds. The second-order valence-corrected chi connectivity index (χ2v) is 7.20. The van der Waals surface area contributed by atoms with Crippen molar-refractivity contribution in [1.29, 1.82) is 0 Å². The predicted octanol–water partition coefficient (Wildman–Crippen LogP) is 4.34. The Bertz CT molecular complexity index is 1160. The summed E-state index contributed by atoms with van der Waals surface area (Å²) >= 11 is 6.63. The first kappa shape index (κ1) is 16.3. The average molecular weight is 380 g/mol. The normalized spacial score (nSPS) is 14.0. The van der Waals surface area contributed by atoms with Gasteiger partial charge < -0.3 is 9.30 Å². The van der Waals surface area contributed by atoms with Gasteiger partial charge in [0.1, 0.15) is 11.3 Å². The number of aromatic nitrogens is 5. The number of hydrogen-bond acceptors (Lipinski definition) is 4. The van der Waals surface area contributed by atoms with Crippen molar-refractivity contribution in [3.8, 4) is 28.5 Å². The summed E-state index contributed by atoms with van der Waals surface area (Å²) in [7, 11) is 3.59. The van der Waals surface area contributed by atoms with Crippen molar-refractivity contribution in [3.05, 3.63) is 53.6 Å². The Labute approximate surface area is 161 Å². The molecule has 1 fully saturated rings. The fourth-order valence-corrected chi connectivity index (χ4v) is 3.81. The lowest BCUT2D eigenvalue weighted by Gasteiger charge is -2.06. The molecular weight excluding hydrogens is 362 g/mol. The lowest BCUT2D eigenvalue weighted by Crippen LogP contribution is -2.02.